The first kappa shape index (κ1) is 21.7. The molecular formula is C26H44O3. The summed E-state index contributed by atoms with van der Waals surface area (Å²) in [6, 6.07) is 0. The summed E-state index contributed by atoms with van der Waals surface area (Å²) in [5.41, 5.74) is 0. The van der Waals surface area contributed by atoms with Crippen molar-refractivity contribution in [3.8, 4) is 0 Å². The second kappa shape index (κ2) is 10.2. The summed E-state index contributed by atoms with van der Waals surface area (Å²) in [7, 11) is 0. The molecule has 0 radical (unpaired) electrons. The van der Waals surface area contributed by atoms with E-state index in [0.29, 0.717) is 0 Å². The Bertz CT molecular complexity index is 500. The fourth-order valence-electron chi connectivity index (χ4n) is 7.09. The Labute approximate surface area is 178 Å². The lowest BCUT2D eigenvalue weighted by molar-refractivity contribution is -0.158. The second-order valence-corrected chi connectivity index (χ2v) is 11.2. The lowest BCUT2D eigenvalue weighted by Crippen LogP contribution is -2.33. The predicted octanol–water partition coefficient (Wildman–Crippen LogP) is 6.27. The Hall–Kier alpha value is -0.570. The van der Waals surface area contributed by atoms with Gasteiger partial charge in [0.25, 0.3) is 0 Å². The molecule has 3 heteroatoms. The van der Waals surface area contributed by atoms with E-state index in [1.54, 1.807) is 0 Å². The molecule has 4 aliphatic rings. The van der Waals surface area contributed by atoms with E-state index in [2.05, 4.69) is 6.92 Å². The highest BCUT2D eigenvalue weighted by atomic mass is 16.5. The summed E-state index contributed by atoms with van der Waals surface area (Å²) in [4.78, 5) is 12.8. The smallest absolute Gasteiger partial charge is 0.309 e. The summed E-state index contributed by atoms with van der Waals surface area (Å²) < 4.78 is 6.00. The molecule has 0 spiro atoms. The van der Waals surface area contributed by atoms with E-state index in [1.807, 2.05) is 0 Å². The van der Waals surface area contributed by atoms with E-state index in [0.717, 1.165) is 68.1 Å². The number of esters is 1. The number of aliphatic hydroxyl groups excluding tert-OH is 1. The summed E-state index contributed by atoms with van der Waals surface area (Å²) in [5, 5.41) is 9.73. The SMILES string of the molecule is CC1CCC(C2CCC(C(=O)OC3CCC(C4CCC(O)CC4)CC3)CC2)CC1. The standard InChI is InChI=1S/C26H44O3/c1-18-2-4-19(5-3-18)20-6-8-23(9-7-20)26(28)29-25-16-12-22(13-17-25)21-10-14-24(27)15-11-21/h18-25,27H,2-17H2,1H3. The van der Waals surface area contributed by atoms with E-state index < -0.39 is 0 Å². The molecule has 0 atom stereocenters. The topological polar surface area (TPSA) is 46.5 Å². The first-order chi connectivity index (χ1) is 14.1. The minimum absolute atomic E-state index is 0.0553. The van der Waals surface area contributed by atoms with Crippen molar-refractivity contribution < 1.29 is 14.6 Å². The van der Waals surface area contributed by atoms with Crippen LogP contribution in [0.15, 0.2) is 0 Å². The zero-order valence-corrected chi connectivity index (χ0v) is 18.7. The van der Waals surface area contributed by atoms with E-state index in [1.165, 1.54) is 64.2 Å². The number of carbonyl (C=O) groups excluding carboxylic acids is 1. The molecule has 1 N–H and O–H groups in total. The van der Waals surface area contributed by atoms with Crippen LogP contribution in [0.1, 0.15) is 110 Å². The van der Waals surface area contributed by atoms with Crippen LogP contribution >= 0.6 is 0 Å². The summed E-state index contributed by atoms with van der Waals surface area (Å²) in [5.74, 6) is 4.61. The second-order valence-electron chi connectivity index (χ2n) is 11.2. The van der Waals surface area contributed by atoms with Crippen molar-refractivity contribution in [2.24, 2.45) is 35.5 Å². The molecule has 0 saturated heterocycles. The van der Waals surface area contributed by atoms with Crippen LogP contribution in [0, 0.1) is 35.5 Å². The lowest BCUT2D eigenvalue weighted by Gasteiger charge is -2.38. The maximum absolute atomic E-state index is 12.8. The van der Waals surface area contributed by atoms with Crippen LogP contribution in [0.5, 0.6) is 0 Å². The summed E-state index contributed by atoms with van der Waals surface area (Å²) in [6.45, 7) is 2.40. The Morgan fingerprint density at radius 3 is 1.55 bits per heavy atom. The van der Waals surface area contributed by atoms with Crippen LogP contribution in [0.25, 0.3) is 0 Å². The highest BCUT2D eigenvalue weighted by Gasteiger charge is 2.35. The van der Waals surface area contributed by atoms with E-state index in [-0.39, 0.29) is 24.1 Å². The number of aliphatic hydroxyl groups is 1. The molecule has 0 aliphatic heterocycles. The highest BCUT2D eigenvalue weighted by Crippen LogP contribution is 2.42. The maximum Gasteiger partial charge on any atom is 0.309 e. The largest absolute Gasteiger partial charge is 0.462 e. The van der Waals surface area contributed by atoms with Crippen molar-refractivity contribution in [1.82, 2.24) is 0 Å². The van der Waals surface area contributed by atoms with Gasteiger partial charge in [-0.2, -0.15) is 0 Å². The van der Waals surface area contributed by atoms with Gasteiger partial charge in [-0.05, 0) is 119 Å². The van der Waals surface area contributed by atoms with Crippen LogP contribution < -0.4 is 0 Å². The van der Waals surface area contributed by atoms with Crippen molar-refractivity contribution >= 4 is 5.97 Å². The Balaban J connectivity index is 1.14. The van der Waals surface area contributed by atoms with Gasteiger partial charge in [-0.1, -0.05) is 19.8 Å². The number of ether oxygens (including phenoxy) is 1. The summed E-state index contributed by atoms with van der Waals surface area (Å²) in [6.07, 6.45) is 19.3. The third-order valence-corrected chi connectivity index (χ3v) is 9.24. The molecule has 4 aliphatic carbocycles. The van der Waals surface area contributed by atoms with Crippen LogP contribution in [0.3, 0.4) is 0 Å². The zero-order valence-electron chi connectivity index (χ0n) is 18.7. The van der Waals surface area contributed by atoms with Crippen molar-refractivity contribution in [3.63, 3.8) is 0 Å². The fraction of sp³-hybridized carbons (Fsp3) is 0.962. The minimum Gasteiger partial charge on any atom is -0.462 e. The van der Waals surface area contributed by atoms with Crippen molar-refractivity contribution in [2.45, 2.75) is 122 Å². The zero-order chi connectivity index (χ0) is 20.2. The fourth-order valence-corrected chi connectivity index (χ4v) is 7.09. The van der Waals surface area contributed by atoms with Gasteiger partial charge in [0.2, 0.25) is 0 Å². The molecule has 0 aromatic carbocycles. The molecule has 29 heavy (non-hydrogen) atoms. The van der Waals surface area contributed by atoms with Gasteiger partial charge in [0.05, 0.1) is 12.0 Å². The van der Waals surface area contributed by atoms with Gasteiger partial charge < -0.3 is 9.84 Å². The molecule has 0 unspecified atom stereocenters. The molecule has 0 bridgehead atoms. The van der Waals surface area contributed by atoms with Gasteiger partial charge in [0.1, 0.15) is 6.10 Å². The number of hydrogen-bond acceptors (Lipinski definition) is 3. The van der Waals surface area contributed by atoms with Crippen molar-refractivity contribution in [1.29, 1.82) is 0 Å². The third-order valence-electron chi connectivity index (χ3n) is 9.24. The molecule has 4 fully saturated rings. The molecule has 4 rings (SSSR count). The van der Waals surface area contributed by atoms with Gasteiger partial charge in [0.15, 0.2) is 0 Å². The monoisotopic (exact) mass is 404 g/mol. The van der Waals surface area contributed by atoms with Gasteiger partial charge in [0, 0.05) is 0 Å². The molecule has 166 valence electrons. The quantitative estimate of drug-likeness (QED) is 0.562. The number of hydrogen-bond donors (Lipinski definition) is 1. The Morgan fingerprint density at radius 2 is 1.03 bits per heavy atom. The van der Waals surface area contributed by atoms with Gasteiger partial charge >= 0.3 is 5.97 Å². The Kier molecular flexibility index (Phi) is 7.59. The molecule has 4 saturated carbocycles. The molecular weight excluding hydrogens is 360 g/mol. The third kappa shape index (κ3) is 5.77. The van der Waals surface area contributed by atoms with Crippen LogP contribution in [0.2, 0.25) is 0 Å². The maximum atomic E-state index is 12.8. The number of rotatable bonds is 4. The molecule has 3 nitrogen and oxygen atoms in total. The average molecular weight is 405 g/mol. The van der Waals surface area contributed by atoms with Gasteiger partial charge in [-0.15, -0.1) is 0 Å². The van der Waals surface area contributed by atoms with E-state index >= 15 is 0 Å². The van der Waals surface area contributed by atoms with Crippen LogP contribution in [-0.4, -0.2) is 23.3 Å². The lowest BCUT2D eigenvalue weighted by atomic mass is 9.69. The first-order valence-corrected chi connectivity index (χ1v) is 13.0. The predicted molar refractivity (Wildman–Crippen MR) is 116 cm³/mol. The van der Waals surface area contributed by atoms with E-state index in [4.69, 9.17) is 4.74 Å². The van der Waals surface area contributed by atoms with Gasteiger partial charge in [-0.25, -0.2) is 0 Å². The normalized spacial score (nSPS) is 44.2. The van der Waals surface area contributed by atoms with Crippen molar-refractivity contribution in [2.75, 3.05) is 0 Å². The van der Waals surface area contributed by atoms with Crippen molar-refractivity contribution in [3.05, 3.63) is 0 Å². The molecule has 0 heterocycles. The van der Waals surface area contributed by atoms with E-state index in [9.17, 15) is 9.90 Å². The summed E-state index contributed by atoms with van der Waals surface area (Å²) >= 11 is 0. The average Bonchev–Trinajstić information content (AvgIpc) is 2.76. The molecule has 0 amide bonds. The molecule has 0 aromatic rings. The van der Waals surface area contributed by atoms with Crippen LogP contribution in [0.4, 0.5) is 0 Å². The Morgan fingerprint density at radius 1 is 0.621 bits per heavy atom. The number of carbonyl (C=O) groups is 1. The van der Waals surface area contributed by atoms with Crippen LogP contribution in [-0.2, 0) is 9.53 Å². The highest BCUT2D eigenvalue weighted by molar-refractivity contribution is 5.72. The minimum atomic E-state index is -0.0553. The van der Waals surface area contributed by atoms with Gasteiger partial charge in [-0.3, -0.25) is 4.79 Å². The first-order valence-electron chi connectivity index (χ1n) is 13.0. The molecule has 0 aromatic heterocycles.